The highest BCUT2D eigenvalue weighted by molar-refractivity contribution is 6.30. The fourth-order valence-electron chi connectivity index (χ4n) is 2.87. The molecule has 1 heterocycles. The van der Waals surface area contributed by atoms with Crippen LogP contribution in [0.4, 0.5) is 0 Å². The molecule has 0 saturated carbocycles. The molecule has 2 rings (SSSR count). The van der Waals surface area contributed by atoms with E-state index in [0.29, 0.717) is 44.1 Å². The van der Waals surface area contributed by atoms with Crippen LogP contribution < -0.4 is 5.32 Å². The molecule has 1 aromatic carbocycles. The van der Waals surface area contributed by atoms with Gasteiger partial charge in [-0.2, -0.15) is 0 Å². The van der Waals surface area contributed by atoms with E-state index in [2.05, 4.69) is 5.32 Å². The first kappa shape index (κ1) is 19.7. The van der Waals surface area contributed by atoms with Gasteiger partial charge in [0.05, 0.1) is 18.6 Å². The van der Waals surface area contributed by atoms with E-state index in [9.17, 15) is 9.59 Å². The molecule has 6 heteroatoms. The lowest BCUT2D eigenvalue weighted by Crippen LogP contribution is -2.46. The molecule has 1 aliphatic rings. The first-order valence-electron chi connectivity index (χ1n) is 8.87. The van der Waals surface area contributed by atoms with Crippen LogP contribution in [-0.2, 0) is 20.7 Å². The fourth-order valence-corrected chi connectivity index (χ4v) is 3.00. The average Bonchev–Trinajstić information content (AvgIpc) is 2.59. The van der Waals surface area contributed by atoms with Gasteiger partial charge in [-0.25, -0.2) is 0 Å². The van der Waals surface area contributed by atoms with E-state index >= 15 is 0 Å². The van der Waals surface area contributed by atoms with Gasteiger partial charge in [0.1, 0.15) is 0 Å². The molecule has 0 radical (unpaired) electrons. The van der Waals surface area contributed by atoms with Crippen molar-refractivity contribution in [3.8, 4) is 0 Å². The Morgan fingerprint density at radius 3 is 2.76 bits per heavy atom. The topological polar surface area (TPSA) is 58.6 Å². The molecular weight excluding hydrogens is 340 g/mol. The molecule has 1 atom stereocenters. The minimum Gasteiger partial charge on any atom is -0.377 e. The standard InChI is InChI=1S/C19H27ClN2O3/c1-14(2)25-12-10-21-19(24)16-5-8-18(23)22(13-16)11-9-15-3-6-17(20)7-4-15/h3-4,6-7,14,16H,5,8-13H2,1-2H3,(H,21,24)/t16-/m0/s1. The molecule has 0 unspecified atom stereocenters. The van der Waals surface area contributed by atoms with Crippen LogP contribution in [0.1, 0.15) is 32.3 Å². The number of ether oxygens (including phenoxy) is 1. The Bertz CT molecular complexity index is 575. The van der Waals surface area contributed by atoms with Crippen LogP contribution >= 0.6 is 11.6 Å². The van der Waals surface area contributed by atoms with Crippen LogP contribution in [0.15, 0.2) is 24.3 Å². The van der Waals surface area contributed by atoms with Crippen LogP contribution in [0.25, 0.3) is 0 Å². The third-order valence-corrected chi connectivity index (χ3v) is 4.56. The van der Waals surface area contributed by atoms with Gasteiger partial charge in [-0.1, -0.05) is 23.7 Å². The maximum atomic E-state index is 12.3. The highest BCUT2D eigenvalue weighted by atomic mass is 35.5. The van der Waals surface area contributed by atoms with E-state index in [-0.39, 0.29) is 23.8 Å². The Morgan fingerprint density at radius 2 is 2.08 bits per heavy atom. The number of nitrogens with one attached hydrogen (secondary N) is 1. The largest absolute Gasteiger partial charge is 0.377 e. The van der Waals surface area contributed by atoms with Crippen molar-refractivity contribution in [3.05, 3.63) is 34.9 Å². The van der Waals surface area contributed by atoms with Crippen LogP contribution in [0, 0.1) is 5.92 Å². The number of hydrogen-bond acceptors (Lipinski definition) is 3. The molecule has 1 fully saturated rings. The lowest BCUT2D eigenvalue weighted by Gasteiger charge is -2.32. The smallest absolute Gasteiger partial charge is 0.224 e. The fraction of sp³-hybridized carbons (Fsp3) is 0.579. The van der Waals surface area contributed by atoms with Crippen molar-refractivity contribution in [1.29, 1.82) is 0 Å². The number of hydrogen-bond donors (Lipinski definition) is 1. The highest BCUT2D eigenvalue weighted by Gasteiger charge is 2.29. The minimum atomic E-state index is -0.137. The van der Waals surface area contributed by atoms with Gasteiger partial charge in [0.15, 0.2) is 0 Å². The third-order valence-electron chi connectivity index (χ3n) is 4.31. The monoisotopic (exact) mass is 366 g/mol. The summed E-state index contributed by atoms with van der Waals surface area (Å²) >= 11 is 5.89. The molecule has 0 spiro atoms. The number of carbonyl (C=O) groups is 2. The molecule has 1 N–H and O–H groups in total. The molecule has 1 aliphatic heterocycles. The number of halogens is 1. The summed E-state index contributed by atoms with van der Waals surface area (Å²) in [6, 6.07) is 7.64. The maximum Gasteiger partial charge on any atom is 0.224 e. The molecule has 138 valence electrons. The zero-order valence-electron chi connectivity index (χ0n) is 15.0. The number of amides is 2. The third kappa shape index (κ3) is 6.67. The second-order valence-corrected chi connectivity index (χ2v) is 7.10. The number of likely N-dealkylation sites (tertiary alicyclic amines) is 1. The van der Waals surface area contributed by atoms with Gasteiger partial charge in [-0.15, -0.1) is 0 Å². The summed E-state index contributed by atoms with van der Waals surface area (Å²) in [5.41, 5.74) is 1.13. The molecule has 0 aliphatic carbocycles. The van der Waals surface area contributed by atoms with Gasteiger partial charge in [0.25, 0.3) is 0 Å². The van der Waals surface area contributed by atoms with Gasteiger partial charge < -0.3 is 15.0 Å². The second-order valence-electron chi connectivity index (χ2n) is 6.66. The van der Waals surface area contributed by atoms with Crippen LogP contribution in [-0.4, -0.2) is 49.1 Å². The Kier molecular flexibility index (Phi) is 7.72. The second kappa shape index (κ2) is 9.78. The van der Waals surface area contributed by atoms with E-state index in [4.69, 9.17) is 16.3 Å². The molecule has 5 nitrogen and oxygen atoms in total. The summed E-state index contributed by atoms with van der Waals surface area (Å²) in [5, 5.41) is 3.61. The zero-order valence-corrected chi connectivity index (χ0v) is 15.7. The molecule has 1 saturated heterocycles. The normalized spacial score (nSPS) is 17.8. The van der Waals surface area contributed by atoms with E-state index in [1.54, 1.807) is 4.90 Å². The van der Waals surface area contributed by atoms with Crippen molar-refractivity contribution in [2.45, 2.75) is 39.2 Å². The molecule has 1 aromatic rings. The van der Waals surface area contributed by atoms with Gasteiger partial charge in [-0.05, 0) is 44.4 Å². The SMILES string of the molecule is CC(C)OCCNC(=O)[C@H]1CCC(=O)N(CCc2ccc(Cl)cc2)C1. The predicted molar refractivity (Wildman–Crippen MR) is 98.6 cm³/mol. The molecule has 0 aromatic heterocycles. The van der Waals surface area contributed by atoms with Crippen molar-refractivity contribution >= 4 is 23.4 Å². The molecular formula is C19H27ClN2O3. The van der Waals surface area contributed by atoms with Crippen LogP contribution in [0.2, 0.25) is 5.02 Å². The van der Waals surface area contributed by atoms with Crippen LogP contribution in [0.3, 0.4) is 0 Å². The van der Waals surface area contributed by atoms with Gasteiger partial charge in [0, 0.05) is 31.1 Å². The number of piperidine rings is 1. The zero-order chi connectivity index (χ0) is 18.2. The minimum absolute atomic E-state index is 0.0105. The van der Waals surface area contributed by atoms with Crippen LogP contribution in [0.5, 0.6) is 0 Å². The Balaban J connectivity index is 1.78. The van der Waals surface area contributed by atoms with Gasteiger partial charge in [0.2, 0.25) is 11.8 Å². The maximum absolute atomic E-state index is 12.3. The summed E-state index contributed by atoms with van der Waals surface area (Å²) in [5.74, 6) is -0.000489. The number of benzene rings is 1. The van der Waals surface area contributed by atoms with Crippen molar-refractivity contribution in [3.63, 3.8) is 0 Å². The summed E-state index contributed by atoms with van der Waals surface area (Å²) in [6.07, 6.45) is 1.97. The number of rotatable bonds is 8. The van der Waals surface area contributed by atoms with E-state index < -0.39 is 0 Å². The summed E-state index contributed by atoms with van der Waals surface area (Å²) in [6.45, 7) is 6.06. The van der Waals surface area contributed by atoms with Gasteiger partial charge >= 0.3 is 0 Å². The first-order valence-corrected chi connectivity index (χ1v) is 9.25. The Hall–Kier alpha value is -1.59. The Morgan fingerprint density at radius 1 is 1.36 bits per heavy atom. The molecule has 0 bridgehead atoms. The van der Waals surface area contributed by atoms with E-state index in [1.165, 1.54) is 0 Å². The van der Waals surface area contributed by atoms with Crippen molar-refractivity contribution in [1.82, 2.24) is 10.2 Å². The quantitative estimate of drug-likeness (QED) is 0.719. The van der Waals surface area contributed by atoms with Gasteiger partial charge in [-0.3, -0.25) is 9.59 Å². The van der Waals surface area contributed by atoms with E-state index in [1.807, 2.05) is 38.1 Å². The number of carbonyl (C=O) groups excluding carboxylic acids is 2. The van der Waals surface area contributed by atoms with Crippen molar-refractivity contribution in [2.75, 3.05) is 26.2 Å². The lowest BCUT2D eigenvalue weighted by atomic mass is 9.96. The predicted octanol–water partition coefficient (Wildman–Crippen LogP) is 2.66. The highest BCUT2D eigenvalue weighted by Crippen LogP contribution is 2.19. The molecule has 25 heavy (non-hydrogen) atoms. The summed E-state index contributed by atoms with van der Waals surface area (Å²) in [4.78, 5) is 26.2. The number of nitrogens with zero attached hydrogens (tertiary/aromatic N) is 1. The Labute approximate surface area is 154 Å². The lowest BCUT2D eigenvalue weighted by molar-refractivity contribution is -0.138. The van der Waals surface area contributed by atoms with Crippen molar-refractivity contribution < 1.29 is 14.3 Å². The average molecular weight is 367 g/mol. The summed E-state index contributed by atoms with van der Waals surface area (Å²) < 4.78 is 5.43. The van der Waals surface area contributed by atoms with Crippen molar-refractivity contribution in [2.24, 2.45) is 5.92 Å². The van der Waals surface area contributed by atoms with E-state index in [0.717, 1.165) is 12.0 Å². The summed E-state index contributed by atoms with van der Waals surface area (Å²) in [7, 11) is 0. The first-order chi connectivity index (χ1) is 12.0. The molecule has 2 amide bonds.